The van der Waals surface area contributed by atoms with Crippen molar-refractivity contribution >= 4 is 11.8 Å². The molecular formula is C13H16O3. The minimum Gasteiger partial charge on any atom is -0.481 e. The van der Waals surface area contributed by atoms with E-state index in [1.54, 1.807) is 31.2 Å². The van der Waals surface area contributed by atoms with Crippen molar-refractivity contribution in [1.29, 1.82) is 0 Å². The number of ketones is 1. The van der Waals surface area contributed by atoms with Crippen LogP contribution in [0.5, 0.6) is 0 Å². The summed E-state index contributed by atoms with van der Waals surface area (Å²) in [5.41, 5.74) is 1.35. The van der Waals surface area contributed by atoms with E-state index in [9.17, 15) is 9.59 Å². The van der Waals surface area contributed by atoms with Crippen molar-refractivity contribution in [3.63, 3.8) is 0 Å². The van der Waals surface area contributed by atoms with Gasteiger partial charge in [0.25, 0.3) is 0 Å². The van der Waals surface area contributed by atoms with E-state index in [1.807, 2.05) is 13.8 Å². The molecule has 0 radical (unpaired) electrons. The number of carbonyl (C=O) groups excluding carboxylic acids is 1. The molecule has 1 N–H and O–H groups in total. The highest BCUT2D eigenvalue weighted by Crippen LogP contribution is 2.17. The maximum atomic E-state index is 11.6. The lowest BCUT2D eigenvalue weighted by atomic mass is 9.96. The minimum absolute atomic E-state index is 0.0391. The van der Waals surface area contributed by atoms with Crippen molar-refractivity contribution in [2.24, 2.45) is 5.92 Å². The Hall–Kier alpha value is -1.64. The number of carboxylic acid groups (broad SMARTS) is 1. The van der Waals surface area contributed by atoms with E-state index in [4.69, 9.17) is 5.11 Å². The van der Waals surface area contributed by atoms with Crippen molar-refractivity contribution in [1.82, 2.24) is 0 Å². The summed E-state index contributed by atoms with van der Waals surface area (Å²) in [7, 11) is 0. The van der Waals surface area contributed by atoms with Gasteiger partial charge in [-0.2, -0.15) is 0 Å². The molecule has 0 aliphatic rings. The van der Waals surface area contributed by atoms with E-state index in [-0.39, 0.29) is 11.7 Å². The molecule has 0 amide bonds. The molecule has 0 aromatic heterocycles. The average molecular weight is 220 g/mol. The molecule has 0 aliphatic carbocycles. The van der Waals surface area contributed by atoms with Crippen LogP contribution in [-0.2, 0) is 4.79 Å². The Balaban J connectivity index is 2.91. The van der Waals surface area contributed by atoms with Gasteiger partial charge in [0, 0.05) is 11.5 Å². The summed E-state index contributed by atoms with van der Waals surface area (Å²) in [6.07, 6.45) is 0. The zero-order chi connectivity index (χ0) is 12.3. The van der Waals surface area contributed by atoms with E-state index in [0.717, 1.165) is 0 Å². The van der Waals surface area contributed by atoms with Gasteiger partial charge < -0.3 is 5.11 Å². The normalized spacial score (nSPS) is 12.5. The summed E-state index contributed by atoms with van der Waals surface area (Å²) in [4.78, 5) is 22.4. The molecule has 0 saturated heterocycles. The van der Waals surface area contributed by atoms with Crippen LogP contribution in [-0.4, -0.2) is 16.9 Å². The van der Waals surface area contributed by atoms with Crippen molar-refractivity contribution < 1.29 is 14.7 Å². The first kappa shape index (κ1) is 12.4. The predicted molar refractivity (Wildman–Crippen MR) is 61.7 cm³/mol. The second kappa shape index (κ2) is 4.92. The fourth-order valence-corrected chi connectivity index (χ4v) is 1.41. The summed E-state index contributed by atoms with van der Waals surface area (Å²) in [6.45, 7) is 5.31. The van der Waals surface area contributed by atoms with Crippen LogP contribution in [0.25, 0.3) is 0 Å². The van der Waals surface area contributed by atoms with E-state index in [0.29, 0.717) is 11.1 Å². The van der Waals surface area contributed by atoms with Crippen LogP contribution >= 0.6 is 0 Å². The SMILES string of the molecule is CC(C)C(=O)c1ccc(C(C)C(=O)O)cc1. The molecule has 1 atom stereocenters. The monoisotopic (exact) mass is 220 g/mol. The van der Waals surface area contributed by atoms with Gasteiger partial charge in [0.1, 0.15) is 0 Å². The van der Waals surface area contributed by atoms with Crippen molar-refractivity contribution in [3.05, 3.63) is 35.4 Å². The highest BCUT2D eigenvalue weighted by molar-refractivity contribution is 5.97. The van der Waals surface area contributed by atoms with E-state index >= 15 is 0 Å². The van der Waals surface area contributed by atoms with Gasteiger partial charge in [-0.1, -0.05) is 38.1 Å². The van der Waals surface area contributed by atoms with Gasteiger partial charge in [0.05, 0.1) is 5.92 Å². The van der Waals surface area contributed by atoms with E-state index in [1.165, 1.54) is 0 Å². The predicted octanol–water partition coefficient (Wildman–Crippen LogP) is 2.71. The van der Waals surface area contributed by atoms with Crippen molar-refractivity contribution in [2.75, 3.05) is 0 Å². The molecule has 0 fully saturated rings. The number of rotatable bonds is 4. The summed E-state index contributed by atoms with van der Waals surface area (Å²) in [5.74, 6) is -1.36. The summed E-state index contributed by atoms with van der Waals surface area (Å²) in [6, 6.07) is 6.79. The molecule has 3 nitrogen and oxygen atoms in total. The third kappa shape index (κ3) is 2.69. The minimum atomic E-state index is -0.858. The maximum Gasteiger partial charge on any atom is 0.310 e. The first-order chi connectivity index (χ1) is 7.43. The molecular weight excluding hydrogens is 204 g/mol. The van der Waals surface area contributed by atoms with E-state index in [2.05, 4.69) is 0 Å². The molecule has 1 aromatic carbocycles. The lowest BCUT2D eigenvalue weighted by Gasteiger charge is -2.08. The number of carbonyl (C=O) groups is 2. The average Bonchev–Trinajstić information content (AvgIpc) is 2.27. The maximum absolute atomic E-state index is 11.6. The van der Waals surface area contributed by atoms with Crippen molar-refractivity contribution in [3.8, 4) is 0 Å². The van der Waals surface area contributed by atoms with Crippen molar-refractivity contribution in [2.45, 2.75) is 26.7 Å². The smallest absolute Gasteiger partial charge is 0.310 e. The molecule has 16 heavy (non-hydrogen) atoms. The molecule has 0 aliphatic heterocycles. The van der Waals surface area contributed by atoms with Gasteiger partial charge in [0.2, 0.25) is 0 Å². The van der Waals surface area contributed by atoms with Gasteiger partial charge in [-0.15, -0.1) is 0 Å². The quantitative estimate of drug-likeness (QED) is 0.794. The summed E-state index contributed by atoms with van der Waals surface area (Å²) in [5, 5.41) is 8.84. The summed E-state index contributed by atoms with van der Waals surface area (Å²) >= 11 is 0. The van der Waals surface area contributed by atoms with Crippen LogP contribution in [0, 0.1) is 5.92 Å². The molecule has 1 aromatic rings. The van der Waals surface area contributed by atoms with Gasteiger partial charge >= 0.3 is 5.97 Å². The van der Waals surface area contributed by atoms with E-state index < -0.39 is 11.9 Å². The Morgan fingerprint density at radius 3 is 1.94 bits per heavy atom. The third-order valence-electron chi connectivity index (χ3n) is 2.59. The molecule has 1 unspecified atom stereocenters. The number of hydrogen-bond acceptors (Lipinski definition) is 2. The highest BCUT2D eigenvalue weighted by Gasteiger charge is 2.15. The van der Waals surface area contributed by atoms with Gasteiger partial charge in [-0.25, -0.2) is 0 Å². The van der Waals surface area contributed by atoms with Crippen LogP contribution < -0.4 is 0 Å². The number of benzene rings is 1. The molecule has 86 valence electrons. The standard InChI is InChI=1S/C13H16O3/c1-8(2)12(14)11-6-4-10(5-7-11)9(3)13(15)16/h4-9H,1-3H3,(H,15,16). The Labute approximate surface area is 95.1 Å². The number of carboxylic acids is 1. The Morgan fingerprint density at radius 1 is 1.06 bits per heavy atom. The molecule has 3 heteroatoms. The lowest BCUT2D eigenvalue weighted by Crippen LogP contribution is -2.09. The topological polar surface area (TPSA) is 54.4 Å². The fraction of sp³-hybridized carbons (Fsp3) is 0.385. The van der Waals surface area contributed by atoms with Crippen LogP contribution in [0.4, 0.5) is 0 Å². The largest absolute Gasteiger partial charge is 0.481 e. The number of hydrogen-bond donors (Lipinski definition) is 1. The molecule has 0 heterocycles. The Morgan fingerprint density at radius 2 is 1.56 bits per heavy atom. The molecule has 0 spiro atoms. The van der Waals surface area contributed by atoms with Crippen LogP contribution in [0.1, 0.15) is 42.6 Å². The lowest BCUT2D eigenvalue weighted by molar-refractivity contribution is -0.138. The first-order valence-electron chi connectivity index (χ1n) is 5.30. The molecule has 1 rings (SSSR count). The van der Waals surface area contributed by atoms with Gasteiger partial charge in [-0.05, 0) is 12.5 Å². The fourth-order valence-electron chi connectivity index (χ4n) is 1.41. The first-order valence-corrected chi connectivity index (χ1v) is 5.30. The Bertz CT molecular complexity index is 390. The zero-order valence-corrected chi connectivity index (χ0v) is 9.73. The summed E-state index contributed by atoms with van der Waals surface area (Å²) < 4.78 is 0. The van der Waals surface area contributed by atoms with Crippen LogP contribution in [0.15, 0.2) is 24.3 Å². The van der Waals surface area contributed by atoms with Gasteiger partial charge in [-0.3, -0.25) is 9.59 Å². The van der Waals surface area contributed by atoms with Crippen LogP contribution in [0.2, 0.25) is 0 Å². The number of aliphatic carboxylic acids is 1. The second-order valence-electron chi connectivity index (χ2n) is 4.20. The number of Topliss-reactive ketones (excluding diaryl/α,β-unsaturated/α-hetero) is 1. The Kier molecular flexibility index (Phi) is 3.82. The zero-order valence-electron chi connectivity index (χ0n) is 9.73. The van der Waals surface area contributed by atoms with Gasteiger partial charge in [0.15, 0.2) is 5.78 Å². The third-order valence-corrected chi connectivity index (χ3v) is 2.59. The highest BCUT2D eigenvalue weighted by atomic mass is 16.4. The molecule has 0 saturated carbocycles. The second-order valence-corrected chi connectivity index (χ2v) is 4.20. The van der Waals surface area contributed by atoms with Crippen LogP contribution in [0.3, 0.4) is 0 Å². The molecule has 0 bridgehead atoms.